The van der Waals surface area contributed by atoms with Crippen LogP contribution in [0.4, 0.5) is 13.2 Å². The molecular formula is C12H12F3N5O2. The highest BCUT2D eigenvalue weighted by molar-refractivity contribution is 5.83. The third-order valence-corrected chi connectivity index (χ3v) is 3.65. The molecule has 0 N–H and O–H groups in total. The van der Waals surface area contributed by atoms with Crippen molar-refractivity contribution in [3.63, 3.8) is 0 Å². The molecule has 1 aliphatic heterocycles. The average molecular weight is 315 g/mol. The second-order valence-electron chi connectivity index (χ2n) is 5.14. The molecule has 0 spiro atoms. The standard InChI is InChI=1S/C12H12F3N5O2/c1-18-9-7(4-17-18)10(21)20(6-16-9)8-2-3-19(11(8)22)5-12(13,14)15/h4,6,8H,2-3,5H2,1H3/t8-/m1/s1. The van der Waals surface area contributed by atoms with Crippen molar-refractivity contribution in [1.29, 1.82) is 0 Å². The van der Waals surface area contributed by atoms with Crippen molar-refractivity contribution in [2.75, 3.05) is 13.1 Å². The quantitative estimate of drug-likeness (QED) is 0.807. The monoisotopic (exact) mass is 315 g/mol. The van der Waals surface area contributed by atoms with E-state index < -0.39 is 30.2 Å². The Kier molecular flexibility index (Phi) is 3.18. The molecule has 1 saturated heterocycles. The minimum absolute atomic E-state index is 0.0411. The minimum Gasteiger partial charge on any atom is -0.332 e. The summed E-state index contributed by atoms with van der Waals surface area (Å²) in [6.07, 6.45) is -1.80. The van der Waals surface area contributed by atoms with Crippen LogP contribution in [0.1, 0.15) is 12.5 Å². The van der Waals surface area contributed by atoms with E-state index >= 15 is 0 Å². The molecule has 1 amide bonds. The zero-order valence-electron chi connectivity index (χ0n) is 11.5. The fourth-order valence-electron chi connectivity index (χ4n) is 2.62. The highest BCUT2D eigenvalue weighted by Gasteiger charge is 2.40. The molecule has 10 heteroatoms. The number of halogens is 3. The third kappa shape index (κ3) is 2.34. The molecule has 2 aromatic rings. The van der Waals surface area contributed by atoms with Crippen LogP contribution in [0.5, 0.6) is 0 Å². The van der Waals surface area contributed by atoms with Crippen LogP contribution in [0.15, 0.2) is 17.3 Å². The van der Waals surface area contributed by atoms with Crippen LogP contribution in [0.3, 0.4) is 0 Å². The number of likely N-dealkylation sites (tertiary alicyclic amines) is 1. The Morgan fingerprint density at radius 1 is 1.36 bits per heavy atom. The van der Waals surface area contributed by atoms with Crippen LogP contribution >= 0.6 is 0 Å². The van der Waals surface area contributed by atoms with Crippen molar-refractivity contribution in [2.45, 2.75) is 18.6 Å². The summed E-state index contributed by atoms with van der Waals surface area (Å²) in [5.41, 5.74) is -0.121. The molecule has 2 aromatic heterocycles. The summed E-state index contributed by atoms with van der Waals surface area (Å²) in [6.45, 7) is -1.35. The first-order valence-corrected chi connectivity index (χ1v) is 6.52. The maximum Gasteiger partial charge on any atom is 0.406 e. The zero-order chi connectivity index (χ0) is 16.1. The van der Waals surface area contributed by atoms with E-state index in [1.807, 2.05) is 0 Å². The summed E-state index contributed by atoms with van der Waals surface area (Å²) in [4.78, 5) is 29.2. The van der Waals surface area contributed by atoms with Gasteiger partial charge in [0.1, 0.15) is 24.3 Å². The van der Waals surface area contributed by atoms with Crippen LogP contribution in [-0.4, -0.2) is 49.4 Å². The molecular weight excluding hydrogens is 303 g/mol. The van der Waals surface area contributed by atoms with Crippen molar-refractivity contribution in [3.8, 4) is 0 Å². The van der Waals surface area contributed by atoms with Crippen molar-refractivity contribution in [3.05, 3.63) is 22.9 Å². The minimum atomic E-state index is -4.46. The average Bonchev–Trinajstić information content (AvgIpc) is 2.95. The second-order valence-corrected chi connectivity index (χ2v) is 5.14. The van der Waals surface area contributed by atoms with E-state index in [-0.39, 0.29) is 18.4 Å². The van der Waals surface area contributed by atoms with Crippen molar-refractivity contribution in [1.82, 2.24) is 24.2 Å². The van der Waals surface area contributed by atoms with Crippen LogP contribution in [0, 0.1) is 0 Å². The van der Waals surface area contributed by atoms with Gasteiger partial charge in [0.25, 0.3) is 5.56 Å². The van der Waals surface area contributed by atoms with E-state index in [2.05, 4.69) is 10.1 Å². The molecule has 22 heavy (non-hydrogen) atoms. The number of nitrogens with zero attached hydrogens (tertiary/aromatic N) is 5. The number of carbonyl (C=O) groups is 1. The van der Waals surface area contributed by atoms with E-state index in [1.54, 1.807) is 7.05 Å². The molecule has 3 heterocycles. The van der Waals surface area contributed by atoms with Gasteiger partial charge in [0, 0.05) is 13.6 Å². The molecule has 7 nitrogen and oxygen atoms in total. The van der Waals surface area contributed by atoms with Crippen molar-refractivity contribution >= 4 is 16.9 Å². The first kappa shape index (κ1) is 14.5. The molecule has 0 unspecified atom stereocenters. The fourth-order valence-corrected chi connectivity index (χ4v) is 2.62. The number of hydrogen-bond donors (Lipinski definition) is 0. The topological polar surface area (TPSA) is 73.0 Å². The predicted octanol–water partition coefficient (Wildman–Crippen LogP) is 0.466. The number of aromatic nitrogens is 4. The van der Waals surface area contributed by atoms with E-state index in [9.17, 15) is 22.8 Å². The van der Waals surface area contributed by atoms with Gasteiger partial charge in [-0.2, -0.15) is 18.3 Å². The number of amides is 1. The van der Waals surface area contributed by atoms with Gasteiger partial charge in [-0.1, -0.05) is 0 Å². The van der Waals surface area contributed by atoms with Crippen LogP contribution in [0.25, 0.3) is 11.0 Å². The number of aryl methyl sites for hydroxylation is 1. The van der Waals surface area contributed by atoms with Crippen LogP contribution in [0.2, 0.25) is 0 Å². The van der Waals surface area contributed by atoms with Gasteiger partial charge in [-0.15, -0.1) is 0 Å². The largest absolute Gasteiger partial charge is 0.406 e. The summed E-state index contributed by atoms with van der Waals surface area (Å²) in [5.74, 6) is -0.718. The first-order chi connectivity index (χ1) is 10.3. The SMILES string of the molecule is Cn1ncc2c(=O)n([C@@H]3CCN(CC(F)(F)F)C3=O)cnc21. The highest BCUT2D eigenvalue weighted by atomic mass is 19.4. The summed E-state index contributed by atoms with van der Waals surface area (Å²) >= 11 is 0. The molecule has 1 aliphatic rings. The number of carbonyl (C=O) groups excluding carboxylic acids is 1. The summed E-state index contributed by atoms with van der Waals surface area (Å²) in [5, 5.41) is 4.13. The lowest BCUT2D eigenvalue weighted by Crippen LogP contribution is -2.38. The van der Waals surface area contributed by atoms with Crippen LogP contribution < -0.4 is 5.56 Å². The van der Waals surface area contributed by atoms with Gasteiger partial charge in [0.2, 0.25) is 5.91 Å². The number of rotatable bonds is 2. The lowest BCUT2D eigenvalue weighted by Gasteiger charge is -2.18. The molecule has 0 saturated carbocycles. The van der Waals surface area contributed by atoms with E-state index in [1.165, 1.54) is 17.2 Å². The Morgan fingerprint density at radius 2 is 2.09 bits per heavy atom. The Labute approximate surface area is 121 Å². The van der Waals surface area contributed by atoms with E-state index in [0.29, 0.717) is 10.5 Å². The first-order valence-electron chi connectivity index (χ1n) is 6.52. The number of fused-ring (bicyclic) bond motifs is 1. The molecule has 3 rings (SSSR count). The third-order valence-electron chi connectivity index (χ3n) is 3.65. The van der Waals surface area contributed by atoms with Crippen LogP contribution in [-0.2, 0) is 11.8 Å². The highest BCUT2D eigenvalue weighted by Crippen LogP contribution is 2.26. The normalized spacial score (nSPS) is 19.4. The Hall–Kier alpha value is -2.39. The Balaban J connectivity index is 1.94. The van der Waals surface area contributed by atoms with Gasteiger partial charge >= 0.3 is 6.18 Å². The van der Waals surface area contributed by atoms with E-state index in [4.69, 9.17) is 0 Å². The second kappa shape index (κ2) is 4.82. The molecule has 118 valence electrons. The lowest BCUT2D eigenvalue weighted by atomic mass is 10.2. The summed E-state index contributed by atoms with van der Waals surface area (Å²) in [6, 6.07) is -0.952. The molecule has 0 aliphatic carbocycles. The summed E-state index contributed by atoms with van der Waals surface area (Å²) in [7, 11) is 1.62. The van der Waals surface area contributed by atoms with E-state index in [0.717, 1.165) is 4.57 Å². The van der Waals surface area contributed by atoms with Crippen molar-refractivity contribution < 1.29 is 18.0 Å². The van der Waals surface area contributed by atoms with Gasteiger partial charge in [0.15, 0.2) is 5.65 Å². The van der Waals surface area contributed by atoms with Gasteiger partial charge in [-0.3, -0.25) is 18.8 Å². The number of hydrogen-bond acceptors (Lipinski definition) is 4. The smallest absolute Gasteiger partial charge is 0.332 e. The maximum atomic E-state index is 12.4. The molecule has 1 atom stereocenters. The number of alkyl halides is 3. The van der Waals surface area contributed by atoms with Gasteiger partial charge < -0.3 is 4.90 Å². The van der Waals surface area contributed by atoms with Gasteiger partial charge in [0.05, 0.1) is 6.20 Å². The van der Waals surface area contributed by atoms with Gasteiger partial charge in [-0.25, -0.2) is 4.98 Å². The Morgan fingerprint density at radius 3 is 2.77 bits per heavy atom. The molecule has 0 radical (unpaired) electrons. The zero-order valence-corrected chi connectivity index (χ0v) is 11.5. The molecule has 0 bridgehead atoms. The van der Waals surface area contributed by atoms with Gasteiger partial charge in [-0.05, 0) is 6.42 Å². The predicted molar refractivity (Wildman–Crippen MR) is 69.1 cm³/mol. The summed E-state index contributed by atoms with van der Waals surface area (Å²) < 4.78 is 39.7. The molecule has 1 fully saturated rings. The molecule has 0 aromatic carbocycles. The Bertz CT molecular complexity index is 794. The lowest BCUT2D eigenvalue weighted by molar-refractivity contribution is -0.158. The van der Waals surface area contributed by atoms with Crippen molar-refractivity contribution in [2.24, 2.45) is 7.05 Å². The fraction of sp³-hybridized carbons (Fsp3) is 0.500. The maximum absolute atomic E-state index is 12.4.